The van der Waals surface area contributed by atoms with Crippen molar-refractivity contribution in [1.82, 2.24) is 10.2 Å². The molecule has 0 spiro atoms. The van der Waals surface area contributed by atoms with Gasteiger partial charge in [0.1, 0.15) is 0 Å². The number of rotatable bonds is 3. The second-order valence-corrected chi connectivity index (χ2v) is 3.43. The lowest BCUT2D eigenvalue weighted by molar-refractivity contribution is 0.502. The third-order valence-corrected chi connectivity index (χ3v) is 2.44. The van der Waals surface area contributed by atoms with E-state index in [-0.39, 0.29) is 0 Å². The average molecular weight is 203 g/mol. The Bertz CT molecular complexity index is 437. The Kier molecular flexibility index (Phi) is 2.67. The van der Waals surface area contributed by atoms with Crippen molar-refractivity contribution in [2.45, 2.75) is 20.4 Å². The number of benzene rings is 1. The Balaban J connectivity index is 2.08. The van der Waals surface area contributed by atoms with Crippen LogP contribution in [0.3, 0.4) is 0 Å². The van der Waals surface area contributed by atoms with Crippen LogP contribution in [0.4, 0.5) is 5.69 Å². The highest BCUT2D eigenvalue weighted by Gasteiger charge is 2.02. The molecular weight excluding hydrogens is 190 g/mol. The van der Waals surface area contributed by atoms with Crippen LogP contribution in [-0.4, -0.2) is 10.2 Å². The van der Waals surface area contributed by atoms with Gasteiger partial charge in [0.05, 0.1) is 6.54 Å². The van der Waals surface area contributed by atoms with Crippen LogP contribution in [0, 0.1) is 13.8 Å². The summed E-state index contributed by atoms with van der Waals surface area (Å²) in [6.07, 6.45) is 1.33. The maximum absolute atomic E-state index is 5.04. The molecule has 4 heteroatoms. The zero-order valence-corrected chi connectivity index (χ0v) is 8.82. The topological polar surface area (TPSA) is 51.0 Å². The standard InChI is InChI=1S/C11H13N3O/c1-8-4-3-5-10(9(8)2)12-6-11-14-13-7-15-11/h3-5,7,12H,6H2,1-2H3. The van der Waals surface area contributed by atoms with E-state index in [2.05, 4.69) is 35.4 Å². The van der Waals surface area contributed by atoms with E-state index in [0.29, 0.717) is 12.4 Å². The second kappa shape index (κ2) is 4.13. The van der Waals surface area contributed by atoms with Crippen molar-refractivity contribution in [3.8, 4) is 0 Å². The molecule has 0 unspecified atom stereocenters. The van der Waals surface area contributed by atoms with Crippen molar-refractivity contribution in [3.05, 3.63) is 41.6 Å². The average Bonchev–Trinajstić information content (AvgIpc) is 2.73. The molecule has 1 N–H and O–H groups in total. The molecule has 0 fully saturated rings. The monoisotopic (exact) mass is 203 g/mol. The second-order valence-electron chi connectivity index (χ2n) is 3.43. The summed E-state index contributed by atoms with van der Waals surface area (Å²) >= 11 is 0. The first-order valence-corrected chi connectivity index (χ1v) is 4.82. The fourth-order valence-corrected chi connectivity index (χ4v) is 1.39. The number of hydrogen-bond donors (Lipinski definition) is 1. The fourth-order valence-electron chi connectivity index (χ4n) is 1.39. The van der Waals surface area contributed by atoms with Gasteiger partial charge in [0.15, 0.2) is 0 Å². The van der Waals surface area contributed by atoms with Crippen LogP contribution in [0.2, 0.25) is 0 Å². The molecular formula is C11H13N3O. The van der Waals surface area contributed by atoms with E-state index in [1.807, 2.05) is 12.1 Å². The Hall–Kier alpha value is -1.84. The molecule has 1 aromatic carbocycles. The Morgan fingerprint density at radius 1 is 1.33 bits per heavy atom. The first-order valence-electron chi connectivity index (χ1n) is 4.82. The summed E-state index contributed by atoms with van der Waals surface area (Å²) in [5.74, 6) is 0.593. The number of hydrogen-bond acceptors (Lipinski definition) is 4. The molecule has 78 valence electrons. The molecule has 0 saturated heterocycles. The number of nitrogens with one attached hydrogen (secondary N) is 1. The van der Waals surface area contributed by atoms with Gasteiger partial charge in [-0.2, -0.15) is 0 Å². The van der Waals surface area contributed by atoms with Crippen LogP contribution in [0.25, 0.3) is 0 Å². The highest BCUT2D eigenvalue weighted by Crippen LogP contribution is 2.18. The van der Waals surface area contributed by atoms with Crippen molar-refractivity contribution in [2.75, 3.05) is 5.32 Å². The van der Waals surface area contributed by atoms with Gasteiger partial charge in [-0.3, -0.25) is 0 Å². The quantitative estimate of drug-likeness (QED) is 0.831. The summed E-state index contributed by atoms with van der Waals surface area (Å²) in [4.78, 5) is 0. The van der Waals surface area contributed by atoms with Gasteiger partial charge in [-0.1, -0.05) is 12.1 Å². The van der Waals surface area contributed by atoms with Crippen molar-refractivity contribution in [1.29, 1.82) is 0 Å². The molecule has 0 aliphatic rings. The van der Waals surface area contributed by atoms with Crippen LogP contribution in [0.1, 0.15) is 17.0 Å². The SMILES string of the molecule is Cc1cccc(NCc2nnco2)c1C. The van der Waals surface area contributed by atoms with Gasteiger partial charge in [-0.25, -0.2) is 0 Å². The Morgan fingerprint density at radius 2 is 2.20 bits per heavy atom. The van der Waals surface area contributed by atoms with Gasteiger partial charge >= 0.3 is 0 Å². The zero-order chi connectivity index (χ0) is 10.7. The molecule has 0 amide bonds. The van der Waals surface area contributed by atoms with Gasteiger partial charge in [0.25, 0.3) is 0 Å². The molecule has 0 aliphatic carbocycles. The van der Waals surface area contributed by atoms with Crippen molar-refractivity contribution < 1.29 is 4.42 Å². The van der Waals surface area contributed by atoms with Gasteiger partial charge < -0.3 is 9.73 Å². The summed E-state index contributed by atoms with van der Waals surface area (Å²) in [7, 11) is 0. The zero-order valence-electron chi connectivity index (χ0n) is 8.82. The molecule has 0 radical (unpaired) electrons. The van der Waals surface area contributed by atoms with E-state index in [1.165, 1.54) is 17.5 Å². The molecule has 0 aliphatic heterocycles. The van der Waals surface area contributed by atoms with Gasteiger partial charge in [0, 0.05) is 5.69 Å². The smallest absolute Gasteiger partial charge is 0.235 e. The van der Waals surface area contributed by atoms with Gasteiger partial charge in [-0.15, -0.1) is 10.2 Å². The molecule has 15 heavy (non-hydrogen) atoms. The largest absolute Gasteiger partial charge is 0.426 e. The van der Waals surface area contributed by atoms with E-state index in [0.717, 1.165) is 5.69 Å². The Labute approximate surface area is 88.3 Å². The predicted octanol–water partition coefficient (Wildman–Crippen LogP) is 2.30. The maximum Gasteiger partial charge on any atom is 0.235 e. The summed E-state index contributed by atoms with van der Waals surface area (Å²) in [6.45, 7) is 4.74. The van der Waals surface area contributed by atoms with E-state index in [4.69, 9.17) is 4.42 Å². The molecule has 0 atom stereocenters. The minimum absolute atomic E-state index is 0.560. The van der Waals surface area contributed by atoms with E-state index < -0.39 is 0 Å². The van der Waals surface area contributed by atoms with Crippen molar-refractivity contribution >= 4 is 5.69 Å². The first-order chi connectivity index (χ1) is 7.27. The van der Waals surface area contributed by atoms with Gasteiger partial charge in [-0.05, 0) is 31.0 Å². The Morgan fingerprint density at radius 3 is 2.93 bits per heavy atom. The molecule has 1 heterocycles. The minimum Gasteiger partial charge on any atom is -0.426 e. The first kappa shape index (κ1) is 9.71. The number of aryl methyl sites for hydroxylation is 1. The third kappa shape index (κ3) is 2.15. The fraction of sp³-hybridized carbons (Fsp3) is 0.273. The van der Waals surface area contributed by atoms with E-state index in [9.17, 15) is 0 Å². The highest BCUT2D eigenvalue weighted by atomic mass is 16.4. The minimum atomic E-state index is 0.560. The van der Waals surface area contributed by atoms with Crippen LogP contribution in [0.15, 0.2) is 29.0 Å². The molecule has 0 saturated carbocycles. The summed E-state index contributed by atoms with van der Waals surface area (Å²) in [5.41, 5.74) is 3.62. The molecule has 0 bridgehead atoms. The van der Waals surface area contributed by atoms with Crippen molar-refractivity contribution in [3.63, 3.8) is 0 Å². The maximum atomic E-state index is 5.04. The van der Waals surface area contributed by atoms with Crippen LogP contribution >= 0.6 is 0 Å². The lowest BCUT2D eigenvalue weighted by Gasteiger charge is -2.09. The molecule has 4 nitrogen and oxygen atoms in total. The lowest BCUT2D eigenvalue weighted by Crippen LogP contribution is -2.02. The van der Waals surface area contributed by atoms with E-state index in [1.54, 1.807) is 0 Å². The summed E-state index contributed by atoms with van der Waals surface area (Å²) in [5, 5.41) is 10.7. The normalized spacial score (nSPS) is 10.3. The van der Waals surface area contributed by atoms with E-state index >= 15 is 0 Å². The molecule has 2 aromatic rings. The number of anilines is 1. The number of aromatic nitrogens is 2. The van der Waals surface area contributed by atoms with Crippen LogP contribution in [0.5, 0.6) is 0 Å². The number of nitrogens with zero attached hydrogens (tertiary/aromatic N) is 2. The highest BCUT2D eigenvalue weighted by molar-refractivity contribution is 5.53. The van der Waals surface area contributed by atoms with Gasteiger partial charge in [0.2, 0.25) is 12.3 Å². The predicted molar refractivity (Wildman–Crippen MR) is 57.5 cm³/mol. The summed E-state index contributed by atoms with van der Waals surface area (Å²) in [6, 6.07) is 6.16. The lowest BCUT2D eigenvalue weighted by atomic mass is 10.1. The van der Waals surface area contributed by atoms with Crippen LogP contribution in [-0.2, 0) is 6.54 Å². The third-order valence-electron chi connectivity index (χ3n) is 2.44. The molecule has 2 rings (SSSR count). The summed E-state index contributed by atoms with van der Waals surface area (Å²) < 4.78 is 5.04. The van der Waals surface area contributed by atoms with Crippen LogP contribution < -0.4 is 5.32 Å². The van der Waals surface area contributed by atoms with Crippen molar-refractivity contribution in [2.24, 2.45) is 0 Å². The molecule has 1 aromatic heterocycles.